The fourth-order valence-electron chi connectivity index (χ4n) is 3.18. The Labute approximate surface area is 137 Å². The van der Waals surface area contributed by atoms with Crippen molar-refractivity contribution in [3.63, 3.8) is 0 Å². The predicted octanol–water partition coefficient (Wildman–Crippen LogP) is 0.630. The van der Waals surface area contributed by atoms with Gasteiger partial charge in [0, 0.05) is 25.8 Å². The maximum Gasteiger partial charge on any atom is 0.231 e. The Balaban J connectivity index is 2.53. The molecule has 0 bridgehead atoms. The molecule has 1 heterocycles. The second-order valence-electron chi connectivity index (χ2n) is 5.97. The molecule has 6 heteroatoms. The number of nitrogens with zero attached hydrogens (tertiary/aromatic N) is 2. The lowest BCUT2D eigenvalue weighted by atomic mass is 9.83. The summed E-state index contributed by atoms with van der Waals surface area (Å²) in [7, 11) is 1.66. The number of hydrogen-bond acceptors (Lipinski definition) is 3. The zero-order valence-electron chi connectivity index (χ0n) is 14.3. The number of amides is 1. The lowest BCUT2D eigenvalue weighted by molar-refractivity contribution is -0.132. The van der Waals surface area contributed by atoms with E-state index in [0.29, 0.717) is 13.0 Å². The van der Waals surface area contributed by atoms with E-state index in [4.69, 9.17) is 10.8 Å². The van der Waals surface area contributed by atoms with Crippen LogP contribution in [0.3, 0.4) is 0 Å². The maximum atomic E-state index is 12.3. The highest BCUT2D eigenvalue weighted by molar-refractivity contribution is 5.99. The molecule has 1 aromatic rings. The van der Waals surface area contributed by atoms with Crippen LogP contribution < -0.4 is 10.7 Å². The SMILES string of the molecule is CCNc1cc([C@]2(C)CC(=O)N(C)C(=N)N2CC)ccc1C=[NH2+]. The van der Waals surface area contributed by atoms with Crippen LogP contribution in [0, 0.1) is 5.41 Å². The van der Waals surface area contributed by atoms with Gasteiger partial charge >= 0.3 is 0 Å². The summed E-state index contributed by atoms with van der Waals surface area (Å²) in [6, 6.07) is 5.99. The second kappa shape index (κ2) is 6.40. The molecule has 0 aromatic heterocycles. The molecule has 2 rings (SSSR count). The molecule has 124 valence electrons. The van der Waals surface area contributed by atoms with Crippen molar-refractivity contribution >= 4 is 23.8 Å². The lowest BCUT2D eigenvalue weighted by Crippen LogP contribution is -2.60. The number of nitrogens with one attached hydrogen (secondary N) is 2. The lowest BCUT2D eigenvalue weighted by Gasteiger charge is -2.48. The first-order chi connectivity index (χ1) is 10.9. The average molecular weight is 316 g/mol. The van der Waals surface area contributed by atoms with E-state index in [1.54, 1.807) is 13.3 Å². The smallest absolute Gasteiger partial charge is 0.231 e. The summed E-state index contributed by atoms with van der Waals surface area (Å²) >= 11 is 0. The van der Waals surface area contributed by atoms with E-state index < -0.39 is 5.54 Å². The number of anilines is 1. The largest absolute Gasteiger partial charge is 0.385 e. The fourth-order valence-corrected chi connectivity index (χ4v) is 3.18. The van der Waals surface area contributed by atoms with Crippen molar-refractivity contribution in [3.8, 4) is 0 Å². The summed E-state index contributed by atoms with van der Waals surface area (Å²) in [6.45, 7) is 7.50. The van der Waals surface area contributed by atoms with E-state index in [1.807, 2.05) is 43.9 Å². The summed E-state index contributed by atoms with van der Waals surface area (Å²) in [5, 5.41) is 17.3. The van der Waals surface area contributed by atoms with Gasteiger partial charge in [0.25, 0.3) is 0 Å². The first-order valence-electron chi connectivity index (χ1n) is 7.95. The van der Waals surface area contributed by atoms with Crippen LogP contribution in [-0.2, 0) is 10.3 Å². The zero-order chi connectivity index (χ0) is 17.2. The molecule has 0 aliphatic carbocycles. The van der Waals surface area contributed by atoms with Crippen molar-refractivity contribution < 1.29 is 10.2 Å². The normalized spacial score (nSPS) is 21.6. The molecule has 1 aliphatic heterocycles. The number of hydrogen-bond donors (Lipinski definition) is 3. The molecule has 1 amide bonds. The van der Waals surface area contributed by atoms with Crippen LogP contribution in [-0.4, -0.2) is 48.0 Å². The summed E-state index contributed by atoms with van der Waals surface area (Å²) in [5.74, 6) is 0.201. The van der Waals surface area contributed by atoms with Crippen LogP contribution in [0.2, 0.25) is 0 Å². The molecule has 23 heavy (non-hydrogen) atoms. The van der Waals surface area contributed by atoms with E-state index in [0.717, 1.165) is 23.4 Å². The monoisotopic (exact) mass is 316 g/mol. The Morgan fingerprint density at radius 2 is 2.13 bits per heavy atom. The molecular formula is C17H26N5O+. The third kappa shape index (κ3) is 2.81. The van der Waals surface area contributed by atoms with Crippen LogP contribution >= 0.6 is 0 Å². The van der Waals surface area contributed by atoms with Gasteiger partial charge in [-0.15, -0.1) is 0 Å². The fraction of sp³-hybridized carbons (Fsp3) is 0.471. The molecule has 1 aliphatic rings. The third-order valence-electron chi connectivity index (χ3n) is 4.58. The second-order valence-corrected chi connectivity index (χ2v) is 5.97. The summed E-state index contributed by atoms with van der Waals surface area (Å²) in [5.41, 5.74) is 2.35. The molecular weight excluding hydrogens is 290 g/mol. The molecule has 0 unspecified atom stereocenters. The highest BCUT2D eigenvalue weighted by Gasteiger charge is 2.43. The highest BCUT2D eigenvalue weighted by atomic mass is 16.2. The van der Waals surface area contributed by atoms with Gasteiger partial charge in [0.1, 0.15) is 0 Å². The minimum Gasteiger partial charge on any atom is -0.385 e. The molecule has 0 spiro atoms. The van der Waals surface area contributed by atoms with Crippen LogP contribution in [0.5, 0.6) is 0 Å². The van der Waals surface area contributed by atoms with E-state index in [9.17, 15) is 4.79 Å². The van der Waals surface area contributed by atoms with Gasteiger partial charge in [-0.25, -0.2) is 0 Å². The maximum absolute atomic E-state index is 12.3. The predicted molar refractivity (Wildman–Crippen MR) is 92.5 cm³/mol. The summed E-state index contributed by atoms with van der Waals surface area (Å²) in [4.78, 5) is 15.7. The summed E-state index contributed by atoms with van der Waals surface area (Å²) in [6.07, 6.45) is 1.92. The highest BCUT2D eigenvalue weighted by Crippen LogP contribution is 2.37. The first kappa shape index (κ1) is 17.0. The van der Waals surface area contributed by atoms with Crippen LogP contribution in [0.1, 0.15) is 38.3 Å². The van der Waals surface area contributed by atoms with E-state index >= 15 is 0 Å². The molecule has 1 aromatic carbocycles. The van der Waals surface area contributed by atoms with E-state index in [2.05, 4.69) is 5.32 Å². The minimum absolute atomic E-state index is 0.0401. The molecule has 0 radical (unpaired) electrons. The molecule has 1 saturated heterocycles. The number of carbonyl (C=O) groups excluding carboxylic acids is 1. The van der Waals surface area contributed by atoms with Crippen molar-refractivity contribution in [1.29, 1.82) is 5.41 Å². The van der Waals surface area contributed by atoms with Crippen molar-refractivity contribution in [2.45, 2.75) is 32.7 Å². The van der Waals surface area contributed by atoms with Gasteiger partial charge < -0.3 is 10.2 Å². The Bertz CT molecular complexity index is 642. The number of rotatable bonds is 5. The number of nitrogens with two attached hydrogens (primary N) is 1. The van der Waals surface area contributed by atoms with Gasteiger partial charge in [-0.05, 0) is 38.5 Å². The minimum atomic E-state index is -0.535. The van der Waals surface area contributed by atoms with Gasteiger partial charge in [0.05, 0.1) is 17.5 Å². The Morgan fingerprint density at radius 1 is 1.43 bits per heavy atom. The van der Waals surface area contributed by atoms with E-state index in [1.165, 1.54) is 4.90 Å². The molecule has 1 fully saturated rings. The van der Waals surface area contributed by atoms with Gasteiger partial charge in [0.2, 0.25) is 11.9 Å². The zero-order valence-corrected chi connectivity index (χ0v) is 14.3. The van der Waals surface area contributed by atoms with Gasteiger partial charge in [-0.3, -0.25) is 20.5 Å². The molecule has 0 saturated carbocycles. The van der Waals surface area contributed by atoms with Crippen molar-refractivity contribution in [2.75, 3.05) is 25.5 Å². The molecule has 6 nitrogen and oxygen atoms in total. The molecule has 1 atom stereocenters. The third-order valence-corrected chi connectivity index (χ3v) is 4.58. The van der Waals surface area contributed by atoms with Crippen LogP contribution in [0.4, 0.5) is 5.69 Å². The van der Waals surface area contributed by atoms with Crippen molar-refractivity contribution in [3.05, 3.63) is 29.3 Å². The van der Waals surface area contributed by atoms with Crippen molar-refractivity contribution in [1.82, 2.24) is 9.80 Å². The van der Waals surface area contributed by atoms with Crippen LogP contribution in [0.25, 0.3) is 0 Å². The molecule has 4 N–H and O–H groups in total. The average Bonchev–Trinajstić information content (AvgIpc) is 2.53. The number of carbonyl (C=O) groups is 1. The van der Waals surface area contributed by atoms with Crippen LogP contribution in [0.15, 0.2) is 18.2 Å². The van der Waals surface area contributed by atoms with Crippen molar-refractivity contribution in [2.24, 2.45) is 0 Å². The quantitative estimate of drug-likeness (QED) is 0.697. The topological polar surface area (TPSA) is 85.0 Å². The number of benzene rings is 1. The Kier molecular flexibility index (Phi) is 4.73. The Hall–Kier alpha value is -2.37. The Morgan fingerprint density at radius 3 is 2.70 bits per heavy atom. The van der Waals surface area contributed by atoms with Gasteiger partial charge in [-0.2, -0.15) is 0 Å². The van der Waals surface area contributed by atoms with E-state index in [-0.39, 0.29) is 11.9 Å². The van der Waals surface area contributed by atoms with Gasteiger partial charge in [0.15, 0.2) is 6.21 Å². The van der Waals surface area contributed by atoms with Gasteiger partial charge in [-0.1, -0.05) is 6.07 Å². The summed E-state index contributed by atoms with van der Waals surface area (Å²) < 4.78 is 0. The first-order valence-corrected chi connectivity index (χ1v) is 7.95. The standard InChI is InChI=1S/C17H25N5O/c1-5-20-14-9-13(8-7-12(14)11-18)17(3)10-15(23)21(4)16(19)22(17)6-2/h7-9,11,18-20H,5-6,10H2,1-4H3/p+1/t17-/m0/s1. The number of guanidine groups is 1.